The Bertz CT molecular complexity index is 662. The lowest BCUT2D eigenvalue weighted by atomic mass is 10.2. The van der Waals surface area contributed by atoms with Crippen molar-refractivity contribution in [2.24, 2.45) is 5.73 Å². The van der Waals surface area contributed by atoms with E-state index in [2.05, 4.69) is 15.9 Å². The van der Waals surface area contributed by atoms with Gasteiger partial charge < -0.3 is 24.7 Å². The summed E-state index contributed by atoms with van der Waals surface area (Å²) < 4.78 is 21.9. The number of rotatable bonds is 12. The van der Waals surface area contributed by atoms with E-state index in [4.69, 9.17) is 24.7 Å². The Morgan fingerprint density at radius 1 is 1.11 bits per heavy atom. The van der Waals surface area contributed by atoms with Crippen molar-refractivity contribution in [2.75, 3.05) is 33.0 Å². The van der Waals surface area contributed by atoms with E-state index in [-0.39, 0.29) is 37.8 Å². The van der Waals surface area contributed by atoms with Crippen LogP contribution in [0.4, 0.5) is 5.69 Å². The van der Waals surface area contributed by atoms with Gasteiger partial charge in [0.2, 0.25) is 11.6 Å². The summed E-state index contributed by atoms with van der Waals surface area (Å²) in [6.45, 7) is 6.84. The molecule has 0 aliphatic rings. The number of carbonyl (C=O) groups excluding carboxylic acids is 2. The van der Waals surface area contributed by atoms with Gasteiger partial charge in [0, 0.05) is 5.56 Å². The zero-order chi connectivity index (χ0) is 21.2. The molecule has 0 fully saturated rings. The molecule has 0 saturated heterocycles. The first-order valence-corrected chi connectivity index (χ1v) is 9.54. The van der Waals surface area contributed by atoms with Gasteiger partial charge >= 0.3 is 5.97 Å². The lowest BCUT2D eigenvalue weighted by Crippen LogP contribution is -2.74. The summed E-state index contributed by atoms with van der Waals surface area (Å²) in [5, 5.41) is 9.32. The Morgan fingerprint density at radius 3 is 2.29 bits per heavy atom. The minimum absolute atomic E-state index is 0.186. The van der Waals surface area contributed by atoms with E-state index in [1.54, 1.807) is 0 Å². The molecule has 1 amide bonds. The molecule has 0 aromatic heterocycles. The number of benzene rings is 1. The fourth-order valence-corrected chi connectivity index (χ4v) is 2.60. The lowest BCUT2D eigenvalue weighted by Gasteiger charge is -2.19. The van der Waals surface area contributed by atoms with Crippen molar-refractivity contribution in [3.05, 3.63) is 22.2 Å². The van der Waals surface area contributed by atoms with Crippen molar-refractivity contribution in [1.29, 1.82) is 0 Å². The highest BCUT2D eigenvalue weighted by Crippen LogP contribution is 2.30. The molecule has 1 aromatic carbocycles. The Labute approximate surface area is 172 Å². The zero-order valence-corrected chi connectivity index (χ0v) is 17.9. The van der Waals surface area contributed by atoms with Crippen molar-refractivity contribution in [3.8, 4) is 5.75 Å². The second-order valence-corrected chi connectivity index (χ2v) is 7.63. The Morgan fingerprint density at radius 2 is 1.71 bits per heavy atom. The third-order valence-electron chi connectivity index (χ3n) is 3.23. The van der Waals surface area contributed by atoms with E-state index < -0.39 is 11.5 Å². The smallest absolute Gasteiger partial charge is 0.308 e. The second-order valence-electron chi connectivity index (χ2n) is 6.77. The standard InChI is InChI=1S/C18H27BrN2O7/c1-18(2,3)28-15(22)4-5-25-6-7-26-8-9-27-14-11-12(17(20)23)10-13(19)16(14)21-24/h10-11,21,24H,4-9H2,1-3H3,(H2,20,23)/p+1. The molecule has 1 aromatic rings. The van der Waals surface area contributed by atoms with Crippen LogP contribution < -0.4 is 16.0 Å². The number of hydrogen-bond acceptors (Lipinski definition) is 7. The summed E-state index contributed by atoms with van der Waals surface area (Å²) in [6.07, 6.45) is 0.186. The number of primary amides is 1. The van der Waals surface area contributed by atoms with Gasteiger partial charge in [0.25, 0.3) is 0 Å². The largest absolute Gasteiger partial charge is 0.485 e. The van der Waals surface area contributed by atoms with Gasteiger partial charge in [-0.15, -0.1) is 0 Å². The van der Waals surface area contributed by atoms with Crippen molar-refractivity contribution < 1.29 is 39.2 Å². The number of hydrogen-bond donors (Lipinski definition) is 3. The van der Waals surface area contributed by atoms with Crippen LogP contribution in [0.5, 0.6) is 5.75 Å². The van der Waals surface area contributed by atoms with E-state index in [0.29, 0.717) is 29.1 Å². The topological polar surface area (TPSA) is 134 Å². The van der Waals surface area contributed by atoms with Gasteiger partial charge in [-0.1, -0.05) is 0 Å². The minimum Gasteiger partial charge on any atom is -0.485 e. The normalized spacial score (nSPS) is 11.3. The molecule has 0 heterocycles. The molecule has 0 atom stereocenters. The van der Waals surface area contributed by atoms with Crippen molar-refractivity contribution >= 4 is 33.5 Å². The number of carbonyl (C=O) groups is 2. The maximum absolute atomic E-state index is 11.5. The van der Waals surface area contributed by atoms with Gasteiger partial charge in [0.1, 0.15) is 12.2 Å². The van der Waals surface area contributed by atoms with E-state index in [1.807, 2.05) is 20.8 Å². The highest BCUT2D eigenvalue weighted by atomic mass is 79.9. The third kappa shape index (κ3) is 9.47. The summed E-state index contributed by atoms with van der Waals surface area (Å²) in [5.41, 5.74) is 6.30. The molecule has 0 saturated carbocycles. The van der Waals surface area contributed by atoms with Crippen LogP contribution in [0, 0.1) is 0 Å². The van der Waals surface area contributed by atoms with Gasteiger partial charge in [-0.25, -0.2) is 5.21 Å². The molecular weight excluding hydrogens is 436 g/mol. The average Bonchev–Trinajstić information content (AvgIpc) is 2.58. The number of amides is 1. The third-order valence-corrected chi connectivity index (χ3v) is 3.89. The monoisotopic (exact) mass is 463 g/mol. The zero-order valence-electron chi connectivity index (χ0n) is 16.3. The maximum atomic E-state index is 11.5. The summed E-state index contributed by atoms with van der Waals surface area (Å²) in [5.74, 6) is -0.597. The minimum atomic E-state index is -0.602. The van der Waals surface area contributed by atoms with Crippen LogP contribution in [0.2, 0.25) is 0 Å². The van der Waals surface area contributed by atoms with Gasteiger partial charge in [-0.3, -0.25) is 9.59 Å². The molecule has 0 spiro atoms. The predicted octanol–water partition coefficient (Wildman–Crippen LogP) is 1.28. The molecule has 28 heavy (non-hydrogen) atoms. The van der Waals surface area contributed by atoms with Gasteiger partial charge in [0.05, 0.1) is 37.3 Å². The Balaban J connectivity index is 2.23. The molecule has 158 valence electrons. The quantitative estimate of drug-likeness (QED) is 0.184. The molecule has 1 rings (SSSR count). The number of esters is 1. The number of nitrogens with two attached hydrogens (primary N) is 2. The van der Waals surface area contributed by atoms with Crippen LogP contribution in [-0.4, -0.2) is 55.7 Å². The fourth-order valence-electron chi connectivity index (χ4n) is 2.06. The summed E-state index contributed by atoms with van der Waals surface area (Å²) in [7, 11) is 0. The maximum Gasteiger partial charge on any atom is 0.308 e. The second kappa shape index (κ2) is 12.0. The molecule has 5 N–H and O–H groups in total. The highest BCUT2D eigenvalue weighted by Gasteiger charge is 2.17. The molecule has 0 bridgehead atoms. The van der Waals surface area contributed by atoms with Crippen molar-refractivity contribution in [3.63, 3.8) is 0 Å². The van der Waals surface area contributed by atoms with Crippen LogP contribution >= 0.6 is 15.9 Å². The highest BCUT2D eigenvalue weighted by molar-refractivity contribution is 9.10. The Hall–Kier alpha value is -1.72. The molecule has 0 aliphatic heterocycles. The van der Waals surface area contributed by atoms with Crippen molar-refractivity contribution in [1.82, 2.24) is 0 Å². The number of halogens is 1. The summed E-state index contributed by atoms with van der Waals surface area (Å²) >= 11 is 3.25. The first-order valence-electron chi connectivity index (χ1n) is 8.75. The first kappa shape index (κ1) is 24.3. The average molecular weight is 464 g/mol. The molecule has 0 unspecified atom stereocenters. The SMILES string of the molecule is CC(C)(C)OC(=O)CCOCCOCCOc1cc(C(N)=O)cc(Br)c1[NH2+]O. The van der Waals surface area contributed by atoms with Gasteiger partial charge in [-0.05, 0) is 48.8 Å². The van der Waals surface area contributed by atoms with Crippen molar-refractivity contribution in [2.45, 2.75) is 32.8 Å². The van der Waals surface area contributed by atoms with Crippen LogP contribution in [0.1, 0.15) is 37.6 Å². The van der Waals surface area contributed by atoms with Gasteiger partial charge in [0.15, 0.2) is 5.75 Å². The van der Waals surface area contributed by atoms with E-state index in [0.717, 1.165) is 5.48 Å². The van der Waals surface area contributed by atoms with E-state index in [1.165, 1.54) is 12.1 Å². The lowest BCUT2D eigenvalue weighted by molar-refractivity contribution is -0.826. The van der Waals surface area contributed by atoms with Crippen LogP contribution in [0.3, 0.4) is 0 Å². The van der Waals surface area contributed by atoms with E-state index in [9.17, 15) is 14.8 Å². The molecule has 10 heteroatoms. The number of quaternary nitrogens is 1. The molecule has 9 nitrogen and oxygen atoms in total. The number of ether oxygens (including phenoxy) is 4. The molecule has 0 radical (unpaired) electrons. The fraction of sp³-hybridized carbons (Fsp3) is 0.556. The summed E-state index contributed by atoms with van der Waals surface area (Å²) in [6, 6.07) is 2.96. The van der Waals surface area contributed by atoms with Crippen LogP contribution in [-0.2, 0) is 19.0 Å². The van der Waals surface area contributed by atoms with Crippen LogP contribution in [0.25, 0.3) is 0 Å². The summed E-state index contributed by atoms with van der Waals surface area (Å²) in [4.78, 5) is 22.8. The first-order chi connectivity index (χ1) is 13.1. The van der Waals surface area contributed by atoms with E-state index >= 15 is 0 Å². The molecule has 0 aliphatic carbocycles. The van der Waals surface area contributed by atoms with Crippen LogP contribution in [0.15, 0.2) is 16.6 Å². The molecular formula is C18H28BrN2O7+. The van der Waals surface area contributed by atoms with Gasteiger partial charge in [-0.2, -0.15) is 5.48 Å². The Kier molecular flexibility index (Phi) is 10.4. The predicted molar refractivity (Wildman–Crippen MR) is 104 cm³/mol.